The summed E-state index contributed by atoms with van der Waals surface area (Å²) < 4.78 is 37.8. The predicted molar refractivity (Wildman–Crippen MR) is 109 cm³/mol. The van der Waals surface area contributed by atoms with Gasteiger partial charge < -0.3 is 19.8 Å². The molecule has 1 aliphatic heterocycles. The Kier molecular flexibility index (Phi) is 7.49. The van der Waals surface area contributed by atoms with Crippen LogP contribution >= 0.6 is 11.3 Å². The fourth-order valence-corrected chi connectivity index (χ4v) is 5.60. The molecular weight excluding hydrogens is 400 g/mol. The highest BCUT2D eigenvalue weighted by Crippen LogP contribution is 2.26. The SMILES string of the molecule is CCNC(=NCc1ccc(S(=O)(=O)N2CCOCC2)s1)NCCc1ccco1. The second kappa shape index (κ2) is 10.1. The van der Waals surface area contributed by atoms with Crippen LogP contribution in [-0.4, -0.2) is 58.1 Å². The van der Waals surface area contributed by atoms with E-state index < -0.39 is 10.0 Å². The van der Waals surface area contributed by atoms with E-state index in [1.54, 1.807) is 12.3 Å². The summed E-state index contributed by atoms with van der Waals surface area (Å²) in [7, 11) is -3.45. The van der Waals surface area contributed by atoms with Crippen LogP contribution in [-0.2, 0) is 27.7 Å². The predicted octanol–water partition coefficient (Wildman–Crippen LogP) is 1.66. The van der Waals surface area contributed by atoms with Gasteiger partial charge in [-0.05, 0) is 31.2 Å². The van der Waals surface area contributed by atoms with E-state index in [-0.39, 0.29) is 0 Å². The number of aliphatic imine (C=N–C) groups is 1. The van der Waals surface area contributed by atoms with Crippen LogP contribution in [0, 0.1) is 0 Å². The molecule has 0 saturated carbocycles. The van der Waals surface area contributed by atoms with Gasteiger partial charge in [-0.3, -0.25) is 0 Å². The highest BCUT2D eigenvalue weighted by molar-refractivity contribution is 7.91. The molecule has 0 aliphatic carbocycles. The molecule has 0 unspecified atom stereocenters. The third-order valence-electron chi connectivity index (χ3n) is 4.18. The monoisotopic (exact) mass is 426 g/mol. The fraction of sp³-hybridized carbons (Fsp3) is 0.500. The van der Waals surface area contributed by atoms with E-state index in [1.165, 1.54) is 15.6 Å². The van der Waals surface area contributed by atoms with Gasteiger partial charge in [0.1, 0.15) is 9.97 Å². The van der Waals surface area contributed by atoms with Crippen LogP contribution in [0.5, 0.6) is 0 Å². The highest BCUT2D eigenvalue weighted by Gasteiger charge is 2.27. The number of hydrogen-bond acceptors (Lipinski definition) is 6. The van der Waals surface area contributed by atoms with Gasteiger partial charge in [-0.2, -0.15) is 4.31 Å². The van der Waals surface area contributed by atoms with Crippen LogP contribution in [0.3, 0.4) is 0 Å². The van der Waals surface area contributed by atoms with E-state index in [1.807, 2.05) is 25.1 Å². The summed E-state index contributed by atoms with van der Waals surface area (Å²) in [6, 6.07) is 7.30. The van der Waals surface area contributed by atoms with Gasteiger partial charge in [-0.15, -0.1) is 11.3 Å². The number of furan rings is 1. The molecule has 10 heteroatoms. The summed E-state index contributed by atoms with van der Waals surface area (Å²) in [5, 5.41) is 6.46. The van der Waals surface area contributed by atoms with Crippen molar-refractivity contribution in [1.82, 2.24) is 14.9 Å². The number of thiophene rings is 1. The lowest BCUT2D eigenvalue weighted by Gasteiger charge is -2.25. The van der Waals surface area contributed by atoms with Crippen molar-refractivity contribution < 1.29 is 17.6 Å². The quantitative estimate of drug-likeness (QED) is 0.492. The molecule has 1 saturated heterocycles. The number of guanidine groups is 1. The van der Waals surface area contributed by atoms with Crippen LogP contribution in [0.1, 0.15) is 17.6 Å². The summed E-state index contributed by atoms with van der Waals surface area (Å²) in [6.07, 6.45) is 2.42. The largest absolute Gasteiger partial charge is 0.469 e. The number of morpholine rings is 1. The van der Waals surface area contributed by atoms with Crippen molar-refractivity contribution in [2.75, 3.05) is 39.4 Å². The number of rotatable bonds is 8. The van der Waals surface area contributed by atoms with Crippen LogP contribution in [0.2, 0.25) is 0 Å². The average Bonchev–Trinajstić information content (AvgIpc) is 3.39. The second-order valence-corrected chi connectivity index (χ2v) is 9.52. The molecule has 1 fully saturated rings. The summed E-state index contributed by atoms with van der Waals surface area (Å²) >= 11 is 1.27. The van der Waals surface area contributed by atoms with Gasteiger partial charge in [-0.25, -0.2) is 13.4 Å². The van der Waals surface area contributed by atoms with Crippen LogP contribution in [0.25, 0.3) is 0 Å². The number of nitrogens with one attached hydrogen (secondary N) is 2. The summed E-state index contributed by atoms with van der Waals surface area (Å²) in [4.78, 5) is 5.45. The van der Waals surface area contributed by atoms with Gasteiger partial charge >= 0.3 is 0 Å². The standard InChI is InChI=1S/C18H26N4O4S2/c1-2-19-18(20-8-7-15-4-3-11-26-15)21-14-16-5-6-17(27-16)28(23,24)22-9-12-25-13-10-22/h3-6,11H,2,7-10,12-14H2,1H3,(H2,19,20,21). The van der Waals surface area contributed by atoms with Crippen molar-refractivity contribution in [2.24, 2.45) is 4.99 Å². The molecule has 2 aromatic rings. The minimum Gasteiger partial charge on any atom is -0.469 e. The van der Waals surface area contributed by atoms with E-state index in [9.17, 15) is 8.42 Å². The average molecular weight is 427 g/mol. The van der Waals surface area contributed by atoms with E-state index in [0.29, 0.717) is 49.6 Å². The van der Waals surface area contributed by atoms with E-state index in [2.05, 4.69) is 15.6 Å². The third kappa shape index (κ3) is 5.57. The first-order chi connectivity index (χ1) is 13.6. The molecule has 3 heterocycles. The minimum absolute atomic E-state index is 0.357. The maximum absolute atomic E-state index is 12.7. The van der Waals surface area contributed by atoms with Crippen molar-refractivity contribution in [3.8, 4) is 0 Å². The first-order valence-corrected chi connectivity index (χ1v) is 11.6. The third-order valence-corrected chi connectivity index (χ3v) is 7.62. The van der Waals surface area contributed by atoms with Gasteiger partial charge in [-0.1, -0.05) is 0 Å². The smallest absolute Gasteiger partial charge is 0.252 e. The Morgan fingerprint density at radius 1 is 1.25 bits per heavy atom. The maximum Gasteiger partial charge on any atom is 0.252 e. The molecule has 1 aliphatic rings. The number of ether oxygens (including phenoxy) is 1. The number of sulfonamides is 1. The van der Waals surface area contributed by atoms with Gasteiger partial charge in [0.2, 0.25) is 0 Å². The van der Waals surface area contributed by atoms with Crippen LogP contribution in [0.4, 0.5) is 0 Å². The molecule has 0 amide bonds. The van der Waals surface area contributed by atoms with Crippen molar-refractivity contribution in [2.45, 2.75) is 24.1 Å². The first kappa shape index (κ1) is 20.8. The lowest BCUT2D eigenvalue weighted by Crippen LogP contribution is -2.40. The van der Waals surface area contributed by atoms with Crippen LogP contribution in [0.15, 0.2) is 44.1 Å². The first-order valence-electron chi connectivity index (χ1n) is 9.31. The Morgan fingerprint density at radius 2 is 2.07 bits per heavy atom. The zero-order chi connectivity index (χ0) is 19.8. The molecule has 0 atom stereocenters. The van der Waals surface area contributed by atoms with E-state index >= 15 is 0 Å². The van der Waals surface area contributed by atoms with Crippen LogP contribution < -0.4 is 10.6 Å². The lowest BCUT2D eigenvalue weighted by atomic mass is 10.3. The van der Waals surface area contributed by atoms with Crippen molar-refractivity contribution in [3.63, 3.8) is 0 Å². The summed E-state index contributed by atoms with van der Waals surface area (Å²) in [5.74, 6) is 1.61. The topological polar surface area (TPSA) is 96.2 Å². The van der Waals surface area contributed by atoms with E-state index in [4.69, 9.17) is 9.15 Å². The van der Waals surface area contributed by atoms with Crippen molar-refractivity contribution in [1.29, 1.82) is 0 Å². The Hall–Kier alpha value is -1.88. The van der Waals surface area contributed by atoms with Crippen molar-refractivity contribution in [3.05, 3.63) is 41.2 Å². The lowest BCUT2D eigenvalue weighted by molar-refractivity contribution is 0.0731. The molecule has 0 bridgehead atoms. The van der Waals surface area contributed by atoms with E-state index in [0.717, 1.165) is 23.6 Å². The zero-order valence-electron chi connectivity index (χ0n) is 15.9. The molecule has 0 radical (unpaired) electrons. The molecule has 0 aromatic carbocycles. The Bertz CT molecular complexity index is 856. The number of hydrogen-bond donors (Lipinski definition) is 2. The minimum atomic E-state index is -3.45. The molecule has 8 nitrogen and oxygen atoms in total. The summed E-state index contributed by atoms with van der Waals surface area (Å²) in [5.41, 5.74) is 0. The Morgan fingerprint density at radius 3 is 2.79 bits per heavy atom. The fourth-order valence-electron chi connectivity index (χ4n) is 2.75. The second-order valence-electron chi connectivity index (χ2n) is 6.19. The molecule has 0 spiro atoms. The molecule has 2 aromatic heterocycles. The molecular formula is C18H26N4O4S2. The van der Waals surface area contributed by atoms with Gasteiger partial charge in [0.25, 0.3) is 10.0 Å². The molecule has 3 rings (SSSR count). The van der Waals surface area contributed by atoms with Gasteiger partial charge in [0, 0.05) is 37.5 Å². The maximum atomic E-state index is 12.7. The Balaban J connectivity index is 1.58. The molecule has 154 valence electrons. The van der Waals surface area contributed by atoms with Gasteiger partial charge in [0.05, 0.1) is 26.0 Å². The highest BCUT2D eigenvalue weighted by atomic mass is 32.2. The summed E-state index contributed by atoms with van der Waals surface area (Å²) in [6.45, 7) is 5.54. The van der Waals surface area contributed by atoms with Gasteiger partial charge in [0.15, 0.2) is 5.96 Å². The zero-order valence-corrected chi connectivity index (χ0v) is 17.5. The number of nitrogens with zero attached hydrogens (tertiary/aromatic N) is 2. The molecule has 28 heavy (non-hydrogen) atoms. The normalized spacial score (nSPS) is 16.2. The Labute approximate surface area is 169 Å². The molecule has 2 N–H and O–H groups in total. The van der Waals surface area contributed by atoms with Crippen molar-refractivity contribution >= 4 is 27.3 Å².